The number of rotatable bonds is 4. The van der Waals surface area contributed by atoms with E-state index in [-0.39, 0.29) is 30.0 Å². The van der Waals surface area contributed by atoms with Crippen LogP contribution in [0.3, 0.4) is 0 Å². The highest BCUT2D eigenvalue weighted by Gasteiger charge is 2.21. The van der Waals surface area contributed by atoms with E-state index in [0.29, 0.717) is 19.1 Å². The monoisotopic (exact) mass is 463 g/mol. The Morgan fingerprint density at radius 2 is 2.12 bits per heavy atom. The number of para-hydroxylation sites is 1. The first-order chi connectivity index (χ1) is 12.3. The van der Waals surface area contributed by atoms with Crippen molar-refractivity contribution in [3.05, 3.63) is 66.1 Å². The lowest BCUT2D eigenvalue weighted by atomic mass is 10.0. The molecule has 0 saturated carbocycles. The zero-order valence-corrected chi connectivity index (χ0v) is 16.7. The van der Waals surface area contributed by atoms with Gasteiger partial charge in [-0.15, -0.1) is 24.0 Å². The molecule has 3 heterocycles. The van der Waals surface area contributed by atoms with Gasteiger partial charge in [0.05, 0.1) is 18.3 Å². The van der Waals surface area contributed by atoms with Crippen LogP contribution in [0.25, 0.3) is 5.65 Å². The summed E-state index contributed by atoms with van der Waals surface area (Å²) in [6, 6.07) is 14.2. The Balaban J connectivity index is 0.00000196. The molecule has 136 valence electrons. The molecule has 26 heavy (non-hydrogen) atoms. The smallest absolute Gasteiger partial charge is 0.189 e. The fourth-order valence-corrected chi connectivity index (χ4v) is 3.11. The zero-order valence-electron chi connectivity index (χ0n) is 14.3. The van der Waals surface area contributed by atoms with Gasteiger partial charge in [-0.3, -0.25) is 4.99 Å². The number of aromatic nitrogens is 2. The molecule has 4 rings (SSSR count). The van der Waals surface area contributed by atoms with Gasteiger partial charge in [-0.1, -0.05) is 24.3 Å². The number of halogens is 1. The Morgan fingerprint density at radius 1 is 1.27 bits per heavy atom. The number of nitrogens with one attached hydrogen (secondary N) is 1. The van der Waals surface area contributed by atoms with Crippen LogP contribution in [0.2, 0.25) is 0 Å². The van der Waals surface area contributed by atoms with Crippen molar-refractivity contribution in [2.45, 2.75) is 18.9 Å². The predicted octanol–water partition coefficient (Wildman–Crippen LogP) is 2.92. The number of nitrogens with two attached hydrogens (primary N) is 1. The normalized spacial score (nSPS) is 16.5. The summed E-state index contributed by atoms with van der Waals surface area (Å²) in [5, 5.41) is 3.31. The Kier molecular flexibility index (Phi) is 5.97. The zero-order chi connectivity index (χ0) is 17.1. The van der Waals surface area contributed by atoms with E-state index >= 15 is 0 Å². The highest BCUT2D eigenvalue weighted by atomic mass is 127. The fourth-order valence-electron chi connectivity index (χ4n) is 3.11. The van der Waals surface area contributed by atoms with Crippen LogP contribution in [-0.2, 0) is 6.42 Å². The van der Waals surface area contributed by atoms with Crippen LogP contribution in [0, 0.1) is 0 Å². The maximum atomic E-state index is 6.07. The molecule has 1 aliphatic heterocycles. The van der Waals surface area contributed by atoms with Crippen molar-refractivity contribution in [1.82, 2.24) is 14.7 Å². The summed E-state index contributed by atoms with van der Waals surface area (Å²) in [5.74, 6) is 1.38. The number of benzene rings is 1. The molecule has 3 aromatic rings. The average molecular weight is 463 g/mol. The average Bonchev–Trinajstić information content (AvgIpc) is 3.05. The van der Waals surface area contributed by atoms with Crippen molar-refractivity contribution in [3.8, 4) is 5.75 Å². The minimum Gasteiger partial charge on any atom is -0.493 e. The molecule has 0 aliphatic carbocycles. The van der Waals surface area contributed by atoms with E-state index in [1.165, 1.54) is 0 Å². The summed E-state index contributed by atoms with van der Waals surface area (Å²) in [6.45, 7) is 1.29. The van der Waals surface area contributed by atoms with Crippen molar-refractivity contribution in [3.63, 3.8) is 0 Å². The second-order valence-electron chi connectivity index (χ2n) is 6.09. The molecule has 1 atom stereocenters. The molecule has 0 fully saturated rings. The molecule has 0 spiro atoms. The summed E-state index contributed by atoms with van der Waals surface area (Å²) in [7, 11) is 0. The summed E-state index contributed by atoms with van der Waals surface area (Å²) in [4.78, 5) is 9.02. The second kappa shape index (κ2) is 8.39. The van der Waals surface area contributed by atoms with Gasteiger partial charge in [0, 0.05) is 37.3 Å². The summed E-state index contributed by atoms with van der Waals surface area (Å²) < 4.78 is 7.69. The molecule has 0 radical (unpaired) electrons. The van der Waals surface area contributed by atoms with E-state index < -0.39 is 0 Å². The van der Waals surface area contributed by atoms with E-state index in [4.69, 9.17) is 10.5 Å². The molecule has 3 N–H and O–H groups in total. The second-order valence-corrected chi connectivity index (χ2v) is 6.09. The first kappa shape index (κ1) is 18.5. The van der Waals surface area contributed by atoms with Crippen LogP contribution in [-0.4, -0.2) is 28.5 Å². The summed E-state index contributed by atoms with van der Waals surface area (Å²) >= 11 is 0. The molecule has 7 heteroatoms. The SMILES string of the molecule is I.NC(=NCCc1cn2ccccc2n1)NC1CCOc2ccccc21. The van der Waals surface area contributed by atoms with E-state index in [9.17, 15) is 0 Å². The third-order valence-corrected chi connectivity index (χ3v) is 4.34. The molecule has 6 nitrogen and oxygen atoms in total. The predicted molar refractivity (Wildman–Crippen MR) is 113 cm³/mol. The molecule has 1 unspecified atom stereocenters. The van der Waals surface area contributed by atoms with Crippen LogP contribution in [0.1, 0.15) is 23.7 Å². The van der Waals surface area contributed by atoms with Crippen molar-refractivity contribution in [2.75, 3.05) is 13.2 Å². The van der Waals surface area contributed by atoms with Crippen LogP contribution in [0.15, 0.2) is 59.9 Å². The highest BCUT2D eigenvalue weighted by molar-refractivity contribution is 14.0. The lowest BCUT2D eigenvalue weighted by Gasteiger charge is -2.26. The standard InChI is InChI=1S/C19H21N5O.HI/c20-19(23-16-9-12-25-17-6-2-1-5-15(16)17)21-10-8-14-13-24-11-4-3-7-18(24)22-14;/h1-7,11,13,16H,8-10,12H2,(H3,20,21,23);1H. The van der Waals surface area contributed by atoms with Gasteiger partial charge >= 0.3 is 0 Å². The van der Waals surface area contributed by atoms with E-state index in [1.807, 2.05) is 53.2 Å². The summed E-state index contributed by atoms with van der Waals surface area (Å²) in [6.07, 6.45) is 5.66. The molecular formula is C19H22IN5O. The van der Waals surface area contributed by atoms with Crippen LogP contribution in [0.5, 0.6) is 5.75 Å². The molecule has 0 saturated heterocycles. The molecule has 1 aliphatic rings. The van der Waals surface area contributed by atoms with Gasteiger partial charge in [-0.2, -0.15) is 0 Å². The van der Waals surface area contributed by atoms with Gasteiger partial charge in [-0.05, 0) is 18.2 Å². The van der Waals surface area contributed by atoms with Crippen LogP contribution >= 0.6 is 24.0 Å². The lowest BCUT2D eigenvalue weighted by molar-refractivity contribution is 0.262. The molecule has 0 bridgehead atoms. The lowest BCUT2D eigenvalue weighted by Crippen LogP contribution is -2.37. The number of ether oxygens (including phenoxy) is 1. The van der Waals surface area contributed by atoms with Gasteiger partial charge in [-0.25, -0.2) is 4.98 Å². The maximum Gasteiger partial charge on any atom is 0.189 e. The number of hydrogen-bond donors (Lipinski definition) is 2. The number of nitrogens with zero attached hydrogens (tertiary/aromatic N) is 3. The number of imidazole rings is 1. The van der Waals surface area contributed by atoms with Gasteiger partial charge in [0.25, 0.3) is 0 Å². The number of guanidine groups is 1. The van der Waals surface area contributed by atoms with Gasteiger partial charge in [0.2, 0.25) is 0 Å². The van der Waals surface area contributed by atoms with Gasteiger partial charge < -0.3 is 20.2 Å². The quantitative estimate of drug-likeness (QED) is 0.355. The van der Waals surface area contributed by atoms with E-state index in [2.05, 4.69) is 21.4 Å². The minimum atomic E-state index is 0. The largest absolute Gasteiger partial charge is 0.493 e. The topological polar surface area (TPSA) is 76.9 Å². The van der Waals surface area contributed by atoms with E-state index in [1.54, 1.807) is 0 Å². The molecule has 2 aromatic heterocycles. The minimum absolute atomic E-state index is 0. The number of fused-ring (bicyclic) bond motifs is 2. The summed E-state index contributed by atoms with van der Waals surface area (Å²) in [5.41, 5.74) is 9.17. The van der Waals surface area contributed by atoms with Crippen molar-refractivity contribution >= 4 is 35.6 Å². The van der Waals surface area contributed by atoms with Crippen molar-refractivity contribution < 1.29 is 4.74 Å². The third kappa shape index (κ3) is 4.09. The Hall–Kier alpha value is -2.29. The Bertz CT molecular complexity index is 875. The maximum absolute atomic E-state index is 6.07. The number of aliphatic imine (C=N–C) groups is 1. The van der Waals surface area contributed by atoms with Crippen molar-refractivity contribution in [1.29, 1.82) is 0 Å². The highest BCUT2D eigenvalue weighted by Crippen LogP contribution is 2.31. The van der Waals surface area contributed by atoms with E-state index in [0.717, 1.165) is 35.5 Å². The van der Waals surface area contributed by atoms with Gasteiger partial charge in [0.15, 0.2) is 5.96 Å². The molecular weight excluding hydrogens is 441 g/mol. The van der Waals surface area contributed by atoms with Crippen molar-refractivity contribution in [2.24, 2.45) is 10.7 Å². The molecule has 1 aromatic carbocycles. The fraction of sp³-hybridized carbons (Fsp3) is 0.263. The number of hydrogen-bond acceptors (Lipinski definition) is 3. The number of pyridine rings is 1. The van der Waals surface area contributed by atoms with Crippen LogP contribution in [0.4, 0.5) is 0 Å². The first-order valence-corrected chi connectivity index (χ1v) is 8.50. The van der Waals surface area contributed by atoms with Gasteiger partial charge in [0.1, 0.15) is 11.4 Å². The molecule has 0 amide bonds. The Morgan fingerprint density at radius 3 is 3.00 bits per heavy atom. The Labute approximate surface area is 169 Å². The first-order valence-electron chi connectivity index (χ1n) is 8.50. The third-order valence-electron chi connectivity index (χ3n) is 4.34. The van der Waals surface area contributed by atoms with Crippen LogP contribution < -0.4 is 15.8 Å².